The van der Waals surface area contributed by atoms with E-state index in [1.165, 1.54) is 106 Å². The number of hydrogen-bond donors (Lipinski definition) is 0. The van der Waals surface area contributed by atoms with Crippen LogP contribution in [0.4, 0.5) is 17.1 Å². The minimum Gasteiger partial charge on any atom is -0.309 e. The van der Waals surface area contributed by atoms with Gasteiger partial charge in [-0.3, -0.25) is 0 Å². The summed E-state index contributed by atoms with van der Waals surface area (Å²) >= 11 is 0. The van der Waals surface area contributed by atoms with Crippen LogP contribution in [0.25, 0.3) is 55.6 Å². The second kappa shape index (κ2) is 12.5. The van der Waals surface area contributed by atoms with Gasteiger partial charge in [-0.15, -0.1) is 0 Å². The van der Waals surface area contributed by atoms with Crippen LogP contribution in [0.1, 0.15) is 80.5 Å². The number of fused-ring (bicyclic) bond motifs is 9. The molecular weight excluding hydrogens is 711 g/mol. The van der Waals surface area contributed by atoms with Gasteiger partial charge < -0.3 is 4.90 Å². The average Bonchev–Trinajstić information content (AvgIpc) is 3.73. The SMILES string of the molecule is Cc1ccc2c(c1)C(C)(C)c1cc3c(cc1-2)C(C)(C)c1cccc(N(c2ccc4c(c2)C(C)(C)c2ccccc2-4)c2ccc(-c4ccccc4)cc2-c2ccccc2)c1-3. The first-order chi connectivity index (χ1) is 28.4. The Balaban J connectivity index is 1.20. The van der Waals surface area contributed by atoms with Crippen molar-refractivity contribution < 1.29 is 0 Å². The fourth-order valence-electron chi connectivity index (χ4n) is 10.9. The highest BCUT2D eigenvalue weighted by atomic mass is 15.1. The third kappa shape index (κ3) is 5.10. The molecule has 0 fully saturated rings. The van der Waals surface area contributed by atoms with Crippen LogP contribution in [0.15, 0.2) is 170 Å². The molecule has 0 saturated heterocycles. The second-order valence-electron chi connectivity index (χ2n) is 18.6. The number of rotatable bonds is 5. The van der Waals surface area contributed by atoms with Gasteiger partial charge in [0.15, 0.2) is 0 Å². The molecule has 1 heteroatoms. The van der Waals surface area contributed by atoms with E-state index in [0.717, 1.165) is 5.69 Å². The van der Waals surface area contributed by atoms with E-state index in [9.17, 15) is 0 Å². The number of nitrogens with zero attached hydrogens (tertiary/aromatic N) is 1. The molecule has 0 bridgehead atoms. The standard InChI is InChI=1S/C58H49N/c1-36-25-28-43-45-34-52-46(35-51(45)58(6,7)49(43)31-36)55-48(57(52,4)5)23-16-24-54(55)59(40-27-29-42-41-21-14-15-22-47(41)56(2,3)50(42)33-40)53-30-26-39(37-17-10-8-11-18-37)32-44(53)38-19-12-9-13-20-38/h8-35H,1-7H3. The second-order valence-corrected chi connectivity index (χ2v) is 18.6. The Morgan fingerprint density at radius 1 is 0.322 bits per heavy atom. The van der Waals surface area contributed by atoms with Crippen molar-refractivity contribution in [1.82, 2.24) is 0 Å². The molecule has 3 aliphatic rings. The summed E-state index contributed by atoms with van der Waals surface area (Å²) in [5, 5.41) is 0. The Morgan fingerprint density at radius 3 is 1.66 bits per heavy atom. The molecule has 0 spiro atoms. The van der Waals surface area contributed by atoms with Gasteiger partial charge in [-0.25, -0.2) is 0 Å². The van der Waals surface area contributed by atoms with E-state index in [1.54, 1.807) is 0 Å². The minimum absolute atomic E-state index is 0.110. The van der Waals surface area contributed by atoms with Crippen LogP contribution in [0.3, 0.4) is 0 Å². The van der Waals surface area contributed by atoms with Crippen LogP contribution in [-0.4, -0.2) is 0 Å². The lowest BCUT2D eigenvalue weighted by molar-refractivity contribution is 0.651. The molecule has 286 valence electrons. The molecule has 0 heterocycles. The maximum absolute atomic E-state index is 2.58. The maximum Gasteiger partial charge on any atom is 0.0543 e. The van der Waals surface area contributed by atoms with Gasteiger partial charge >= 0.3 is 0 Å². The average molecular weight is 760 g/mol. The van der Waals surface area contributed by atoms with E-state index in [-0.39, 0.29) is 16.2 Å². The third-order valence-corrected chi connectivity index (χ3v) is 14.1. The van der Waals surface area contributed by atoms with Crippen LogP contribution in [0, 0.1) is 6.92 Å². The molecule has 0 radical (unpaired) electrons. The van der Waals surface area contributed by atoms with Crippen molar-refractivity contribution in [3.8, 4) is 55.6 Å². The first kappa shape index (κ1) is 35.7. The zero-order chi connectivity index (χ0) is 40.4. The maximum atomic E-state index is 2.58. The first-order valence-electron chi connectivity index (χ1n) is 21.2. The Hall–Kier alpha value is -6.44. The number of hydrogen-bond acceptors (Lipinski definition) is 1. The number of anilines is 3. The molecule has 8 aromatic carbocycles. The van der Waals surface area contributed by atoms with Crippen LogP contribution in [0.5, 0.6) is 0 Å². The van der Waals surface area contributed by atoms with E-state index in [2.05, 4.69) is 223 Å². The van der Waals surface area contributed by atoms with E-state index >= 15 is 0 Å². The predicted octanol–water partition coefficient (Wildman–Crippen LogP) is 15.7. The quantitative estimate of drug-likeness (QED) is 0.169. The predicted molar refractivity (Wildman–Crippen MR) is 249 cm³/mol. The summed E-state index contributed by atoms with van der Waals surface area (Å²) < 4.78 is 0. The number of benzene rings is 8. The fourth-order valence-corrected chi connectivity index (χ4v) is 10.9. The van der Waals surface area contributed by atoms with Crippen molar-refractivity contribution in [2.24, 2.45) is 0 Å². The van der Waals surface area contributed by atoms with Gasteiger partial charge in [0.1, 0.15) is 0 Å². The fraction of sp³-hybridized carbons (Fsp3) is 0.172. The molecule has 0 aromatic heterocycles. The molecule has 11 rings (SSSR count). The molecular formula is C58H49N. The van der Waals surface area contributed by atoms with Crippen molar-refractivity contribution in [1.29, 1.82) is 0 Å². The van der Waals surface area contributed by atoms with Gasteiger partial charge in [0.05, 0.1) is 11.4 Å². The molecule has 0 aliphatic heterocycles. The zero-order valence-corrected chi connectivity index (χ0v) is 35.1. The molecule has 1 nitrogen and oxygen atoms in total. The molecule has 0 amide bonds. The summed E-state index contributed by atoms with van der Waals surface area (Å²) in [7, 11) is 0. The van der Waals surface area contributed by atoms with Crippen molar-refractivity contribution in [3.63, 3.8) is 0 Å². The lowest BCUT2D eigenvalue weighted by Gasteiger charge is -2.32. The van der Waals surface area contributed by atoms with Crippen LogP contribution < -0.4 is 4.90 Å². The molecule has 59 heavy (non-hydrogen) atoms. The summed E-state index contributed by atoms with van der Waals surface area (Å²) in [6.45, 7) is 16.7. The highest BCUT2D eigenvalue weighted by Gasteiger charge is 2.43. The lowest BCUT2D eigenvalue weighted by Crippen LogP contribution is -2.18. The zero-order valence-electron chi connectivity index (χ0n) is 35.1. The van der Waals surface area contributed by atoms with Gasteiger partial charge in [-0.1, -0.05) is 174 Å². The van der Waals surface area contributed by atoms with Crippen LogP contribution in [-0.2, 0) is 16.2 Å². The highest BCUT2D eigenvalue weighted by molar-refractivity contribution is 6.00. The molecule has 0 N–H and O–H groups in total. The normalized spacial score (nSPS) is 15.4. The Kier molecular flexibility index (Phi) is 7.58. The third-order valence-electron chi connectivity index (χ3n) is 14.1. The van der Waals surface area contributed by atoms with Crippen molar-refractivity contribution in [3.05, 3.63) is 209 Å². The lowest BCUT2D eigenvalue weighted by atomic mass is 9.79. The van der Waals surface area contributed by atoms with Crippen molar-refractivity contribution in [2.75, 3.05) is 4.90 Å². The Bertz CT molecular complexity index is 3020. The highest BCUT2D eigenvalue weighted by Crippen LogP contribution is 2.60. The minimum atomic E-state index is -0.194. The molecule has 8 aromatic rings. The van der Waals surface area contributed by atoms with Crippen molar-refractivity contribution in [2.45, 2.75) is 64.7 Å². The summed E-state index contributed by atoms with van der Waals surface area (Å²) in [5.41, 5.74) is 25.7. The van der Waals surface area contributed by atoms with Crippen LogP contribution >= 0.6 is 0 Å². The van der Waals surface area contributed by atoms with Gasteiger partial charge in [0.2, 0.25) is 0 Å². The summed E-state index contributed by atoms with van der Waals surface area (Å²) in [5.74, 6) is 0. The van der Waals surface area contributed by atoms with E-state index in [0.29, 0.717) is 0 Å². The van der Waals surface area contributed by atoms with Crippen LogP contribution in [0.2, 0.25) is 0 Å². The molecule has 0 unspecified atom stereocenters. The van der Waals surface area contributed by atoms with Gasteiger partial charge in [-0.05, 0) is 127 Å². The molecule has 0 atom stereocenters. The van der Waals surface area contributed by atoms with Gasteiger partial charge in [0.25, 0.3) is 0 Å². The Labute approximate surface area is 349 Å². The number of aryl methyl sites for hydroxylation is 1. The molecule has 3 aliphatic carbocycles. The van der Waals surface area contributed by atoms with E-state index < -0.39 is 0 Å². The largest absolute Gasteiger partial charge is 0.309 e. The molecule has 0 saturated carbocycles. The van der Waals surface area contributed by atoms with Gasteiger partial charge in [0, 0.05) is 33.1 Å². The Morgan fingerprint density at radius 2 is 0.881 bits per heavy atom. The van der Waals surface area contributed by atoms with Crippen molar-refractivity contribution >= 4 is 17.1 Å². The van der Waals surface area contributed by atoms with Gasteiger partial charge in [-0.2, -0.15) is 0 Å². The van der Waals surface area contributed by atoms with E-state index in [4.69, 9.17) is 0 Å². The first-order valence-corrected chi connectivity index (χ1v) is 21.2. The summed E-state index contributed by atoms with van der Waals surface area (Å²) in [4.78, 5) is 2.58. The smallest absolute Gasteiger partial charge is 0.0543 e. The van der Waals surface area contributed by atoms with E-state index in [1.807, 2.05) is 0 Å². The summed E-state index contributed by atoms with van der Waals surface area (Å²) in [6, 6.07) is 64.2. The monoisotopic (exact) mass is 759 g/mol. The summed E-state index contributed by atoms with van der Waals surface area (Å²) in [6.07, 6.45) is 0. The topological polar surface area (TPSA) is 3.24 Å².